The van der Waals surface area contributed by atoms with Crippen LogP contribution in [0.15, 0.2) is 35.4 Å². The fourth-order valence-electron chi connectivity index (χ4n) is 11.7. The van der Waals surface area contributed by atoms with Crippen molar-refractivity contribution in [2.45, 2.75) is 101 Å². The molecule has 1 atom stereocenters. The number of ether oxygens (including phenoxy) is 2. The maximum atomic E-state index is 15.4. The summed E-state index contributed by atoms with van der Waals surface area (Å²) in [5, 5.41) is 22.2. The molecule has 4 saturated heterocycles. The lowest BCUT2D eigenvalue weighted by molar-refractivity contribution is -0.137. The molecule has 4 aliphatic heterocycles. The number of halogens is 2. The quantitative estimate of drug-likeness (QED) is 0.0952. The predicted octanol–water partition coefficient (Wildman–Crippen LogP) is 4.14. The van der Waals surface area contributed by atoms with Crippen LogP contribution in [0.4, 0.5) is 30.8 Å². The van der Waals surface area contributed by atoms with E-state index < -0.39 is 29.7 Å². The Hall–Kier alpha value is -7.57. The van der Waals surface area contributed by atoms with E-state index in [1.165, 1.54) is 23.4 Å². The van der Waals surface area contributed by atoms with Crippen LogP contribution >= 0.6 is 0 Å². The number of piperidine rings is 2. The third kappa shape index (κ3) is 9.38. The summed E-state index contributed by atoms with van der Waals surface area (Å²) < 4.78 is 50.3. The Bertz CT molecular complexity index is 3000. The smallest absolute Gasteiger partial charge is 0.410 e. The molecule has 8 fully saturated rings. The Balaban J connectivity index is 0.00000196. The molecule has 75 heavy (non-hydrogen) atoms. The van der Waals surface area contributed by atoms with E-state index in [2.05, 4.69) is 54.5 Å². The molecule has 1 unspecified atom stereocenters. The number of fused-ring (bicyclic) bond motifs is 1. The molecule has 0 radical (unpaired) electrons. The maximum Gasteiger partial charge on any atom is 0.410 e. The second-order valence-corrected chi connectivity index (χ2v) is 21.2. The zero-order chi connectivity index (χ0) is 52.3. The van der Waals surface area contributed by atoms with Gasteiger partial charge in [0.25, 0.3) is 12.4 Å². The van der Waals surface area contributed by atoms with E-state index >= 15 is 8.78 Å². The molecule has 5 N–H and O–H groups in total. The number of amides is 4. The van der Waals surface area contributed by atoms with E-state index in [-0.39, 0.29) is 91.2 Å². The molecule has 13 rings (SSSR count). The molecule has 23 nitrogen and oxygen atoms in total. The van der Waals surface area contributed by atoms with Gasteiger partial charge in [0.15, 0.2) is 41.2 Å². The lowest BCUT2D eigenvalue weighted by Crippen LogP contribution is -2.59. The van der Waals surface area contributed by atoms with Crippen LogP contribution in [0.1, 0.15) is 83.3 Å². The van der Waals surface area contributed by atoms with Crippen LogP contribution in [0.5, 0.6) is 5.75 Å². The molecule has 4 aromatic heterocycles. The number of nitrogen functional groups attached to an aromatic ring is 1. The molecule has 396 valence electrons. The second-order valence-electron chi connectivity index (χ2n) is 21.2. The zero-order valence-corrected chi connectivity index (χ0v) is 41.5. The summed E-state index contributed by atoms with van der Waals surface area (Å²) in [6, 6.07) is 1.62. The van der Waals surface area contributed by atoms with Crippen molar-refractivity contribution in [1.29, 1.82) is 0 Å². The number of rotatable bonds is 13. The van der Waals surface area contributed by atoms with Gasteiger partial charge < -0.3 is 44.9 Å². The average molecular weight is 1040 g/mol. The van der Waals surface area contributed by atoms with Gasteiger partial charge in [-0.15, -0.1) is 0 Å². The van der Waals surface area contributed by atoms with Crippen LogP contribution in [0.25, 0.3) is 33.8 Å². The molecule has 5 aromatic rings. The highest BCUT2D eigenvalue weighted by atomic mass is 19.1. The number of anilines is 3. The number of hydrogen-bond acceptors (Lipinski definition) is 18. The number of hydrogen-bond donors (Lipinski definition) is 4. The highest BCUT2D eigenvalue weighted by Crippen LogP contribution is 2.63. The van der Waals surface area contributed by atoms with Gasteiger partial charge in [-0.1, -0.05) is 5.16 Å². The van der Waals surface area contributed by atoms with Gasteiger partial charge in [0.2, 0.25) is 11.8 Å². The number of carbonyl (C=O) groups excluding carboxylic acids is 4. The van der Waals surface area contributed by atoms with Crippen molar-refractivity contribution < 1.29 is 51.9 Å². The number of carbonyl (C=O) groups is 5. The first kappa shape index (κ1) is 49.6. The molecular formula is C50H58F2N14O9. The summed E-state index contributed by atoms with van der Waals surface area (Å²) in [7, 11) is 0. The van der Waals surface area contributed by atoms with Crippen molar-refractivity contribution in [3.63, 3.8) is 0 Å². The number of nitrogens with zero attached hydrogens (tertiary/aromatic N) is 11. The van der Waals surface area contributed by atoms with E-state index in [4.69, 9.17) is 34.7 Å². The first-order valence-electron chi connectivity index (χ1n) is 25.5. The fraction of sp³-hybridized carbons (Fsp3) is 0.540. The van der Waals surface area contributed by atoms with Gasteiger partial charge in [-0.05, 0) is 89.2 Å². The molecule has 4 aliphatic carbocycles. The van der Waals surface area contributed by atoms with Crippen LogP contribution < -0.4 is 26.0 Å². The largest absolute Gasteiger partial charge is 0.483 e. The molecule has 1 aromatic carbocycles. The summed E-state index contributed by atoms with van der Waals surface area (Å²) in [4.78, 5) is 83.7. The number of imide groups is 1. The first-order valence-corrected chi connectivity index (χ1v) is 25.5. The SMILES string of the molecule is CC(C)(C1CCN(C(=O)COC(=O)N2CC(Oc3cnc(-c4c(-c5nn(C67CC(C6)C7)c6ncnc(N)c56)noc4C4CC4)nc3)C2)CC1)N1CCN(c2c(F)cc(NC3CCC(=O)NC3=O)cc2F)CC1.O=CO. The van der Waals surface area contributed by atoms with Gasteiger partial charge in [0.1, 0.15) is 41.4 Å². The number of aromatic nitrogens is 7. The topological polar surface area (TPSA) is 282 Å². The fourth-order valence-corrected chi connectivity index (χ4v) is 11.7. The molecule has 8 heterocycles. The van der Waals surface area contributed by atoms with Crippen molar-refractivity contribution >= 4 is 58.5 Å². The molecular weight excluding hydrogens is 979 g/mol. The predicted molar refractivity (Wildman–Crippen MR) is 263 cm³/mol. The summed E-state index contributed by atoms with van der Waals surface area (Å²) in [6.45, 7) is 7.34. The van der Waals surface area contributed by atoms with E-state index in [1.54, 1.807) is 22.2 Å². The molecule has 8 aliphatic rings. The number of nitrogens with one attached hydrogen (secondary N) is 2. The van der Waals surface area contributed by atoms with Gasteiger partial charge in [-0.3, -0.25) is 29.4 Å². The molecule has 0 spiro atoms. The highest BCUT2D eigenvalue weighted by molar-refractivity contribution is 6.02. The third-order valence-corrected chi connectivity index (χ3v) is 16.3. The summed E-state index contributed by atoms with van der Waals surface area (Å²) >= 11 is 0. The standard InChI is InChI=1S/C49H56F2N14O7.CH2O2/c1-48(2,64-13-11-62(12-14-64)41-32(50)15-29(16-33(41)51)57-34-5-6-35(66)58-46(34)68)28-7-9-61(10-8-28)36(67)24-70-47(69)63-22-31(23-63)71-30-20-53-44(54-21-30)37-40(60-72-42(37)27-3-4-27)39-38-43(52)55-25-56-45(38)65(59-39)49-17-26(18-49)19-49;2-1-3/h15-16,20-21,25-28,31,34,57H,3-14,17-19,22-24H2,1-2H3,(H2,52,55,56)(H,58,66,68);1H,(H,2,3). The van der Waals surface area contributed by atoms with Crippen LogP contribution in [0.3, 0.4) is 0 Å². The molecule has 4 saturated carbocycles. The minimum atomic E-state index is -0.754. The minimum Gasteiger partial charge on any atom is -0.483 e. The van der Waals surface area contributed by atoms with Crippen molar-refractivity contribution in [3.8, 4) is 28.5 Å². The van der Waals surface area contributed by atoms with E-state index in [0.29, 0.717) is 90.4 Å². The summed E-state index contributed by atoms with van der Waals surface area (Å²) in [5.41, 5.74) is 8.57. The van der Waals surface area contributed by atoms with Crippen LogP contribution in [-0.4, -0.2) is 162 Å². The van der Waals surface area contributed by atoms with Crippen LogP contribution in [0, 0.1) is 23.5 Å². The lowest BCUT2D eigenvalue weighted by Gasteiger charge is -2.61. The first-order chi connectivity index (χ1) is 36.1. The Morgan fingerprint density at radius 1 is 0.947 bits per heavy atom. The Morgan fingerprint density at radius 3 is 2.25 bits per heavy atom. The molecule has 4 amide bonds. The van der Waals surface area contributed by atoms with Crippen LogP contribution in [0.2, 0.25) is 0 Å². The number of nitrogens with two attached hydrogens (primary N) is 1. The van der Waals surface area contributed by atoms with Crippen molar-refractivity contribution in [2.75, 3.05) is 74.9 Å². The summed E-state index contributed by atoms with van der Waals surface area (Å²) in [5.74, 6) is 0.459. The lowest BCUT2D eigenvalue weighted by atomic mass is 9.50. The van der Waals surface area contributed by atoms with Crippen molar-refractivity contribution in [2.24, 2.45) is 11.8 Å². The number of piperazine rings is 1. The Kier molecular flexibility index (Phi) is 13.0. The second kappa shape index (κ2) is 19.6. The van der Waals surface area contributed by atoms with Gasteiger partial charge in [-0.2, -0.15) is 5.10 Å². The third-order valence-electron chi connectivity index (χ3n) is 16.3. The van der Waals surface area contributed by atoms with Crippen molar-refractivity contribution in [1.82, 2.24) is 54.9 Å². The maximum absolute atomic E-state index is 15.4. The normalized spacial score (nSPS) is 23.1. The van der Waals surface area contributed by atoms with Crippen LogP contribution in [-0.2, 0) is 29.5 Å². The number of benzene rings is 1. The summed E-state index contributed by atoms with van der Waals surface area (Å²) in [6.07, 6.45) is 10.8. The monoisotopic (exact) mass is 1040 g/mol. The van der Waals surface area contributed by atoms with E-state index in [1.807, 2.05) is 4.68 Å². The van der Waals surface area contributed by atoms with Gasteiger partial charge >= 0.3 is 6.09 Å². The van der Waals surface area contributed by atoms with Gasteiger partial charge in [0.05, 0.1) is 42.0 Å². The minimum absolute atomic E-state index is 0.0519. The number of likely N-dealkylation sites (tertiary alicyclic amines) is 2. The Morgan fingerprint density at radius 2 is 1.63 bits per heavy atom. The van der Waals surface area contributed by atoms with E-state index in [9.17, 15) is 19.2 Å². The molecule has 25 heteroatoms. The highest BCUT2D eigenvalue weighted by Gasteiger charge is 2.59. The number of carboxylic acid groups (broad SMARTS) is 1. The van der Waals surface area contributed by atoms with Gasteiger partial charge in [0, 0.05) is 62.8 Å². The van der Waals surface area contributed by atoms with Gasteiger partial charge in [-0.25, -0.2) is 38.2 Å². The zero-order valence-electron chi connectivity index (χ0n) is 41.5. The average Bonchev–Trinajstić information content (AvgIpc) is 4.04. The van der Waals surface area contributed by atoms with E-state index in [0.717, 1.165) is 50.9 Å². The van der Waals surface area contributed by atoms with Crippen molar-refractivity contribution in [3.05, 3.63) is 48.2 Å². The molecule has 2 bridgehead atoms. The Labute approximate surface area is 428 Å².